The van der Waals surface area contributed by atoms with Crippen molar-refractivity contribution in [2.45, 2.75) is 25.7 Å². The van der Waals surface area contributed by atoms with E-state index in [2.05, 4.69) is 41.2 Å². The van der Waals surface area contributed by atoms with Gasteiger partial charge in [-0.05, 0) is 24.8 Å². The van der Waals surface area contributed by atoms with Gasteiger partial charge >= 0.3 is 0 Å². The molecule has 0 saturated carbocycles. The number of hydrogen-bond acceptors (Lipinski definition) is 4. The molecule has 0 unspecified atom stereocenters. The lowest BCUT2D eigenvalue weighted by Crippen LogP contribution is -2.21. The van der Waals surface area contributed by atoms with Crippen molar-refractivity contribution in [2.24, 2.45) is 0 Å². The molecule has 1 aromatic heterocycles. The monoisotopic (exact) mass is 253 g/mol. The number of rotatable bonds is 1. The minimum absolute atomic E-state index is 0.104. The summed E-state index contributed by atoms with van der Waals surface area (Å²) in [7, 11) is 0. The molecule has 0 bridgehead atoms. The molecular formula is C15H15N3O. The van der Waals surface area contributed by atoms with E-state index in [1.54, 1.807) is 6.20 Å². The summed E-state index contributed by atoms with van der Waals surface area (Å²) in [5.41, 5.74) is 9.40. The van der Waals surface area contributed by atoms with Crippen LogP contribution in [-0.4, -0.2) is 15.8 Å². The van der Waals surface area contributed by atoms with E-state index in [9.17, 15) is 4.79 Å². The molecule has 96 valence electrons. The molecule has 1 aromatic carbocycles. The van der Waals surface area contributed by atoms with Crippen LogP contribution in [0.3, 0.4) is 0 Å². The lowest BCUT2D eigenvalue weighted by Gasteiger charge is -2.23. The molecule has 0 amide bonds. The van der Waals surface area contributed by atoms with Crippen molar-refractivity contribution in [3.63, 3.8) is 0 Å². The number of nitrogens with zero attached hydrogens (tertiary/aromatic N) is 2. The average Bonchev–Trinajstić information content (AvgIpc) is 2.38. The van der Waals surface area contributed by atoms with Gasteiger partial charge in [0.05, 0.1) is 11.3 Å². The van der Waals surface area contributed by atoms with Gasteiger partial charge in [0.25, 0.3) is 0 Å². The molecule has 0 saturated heterocycles. The minimum Gasteiger partial charge on any atom is -0.368 e. The molecule has 2 aromatic rings. The highest BCUT2D eigenvalue weighted by Gasteiger charge is 2.27. The van der Waals surface area contributed by atoms with Crippen LogP contribution in [0.5, 0.6) is 0 Å². The van der Waals surface area contributed by atoms with Gasteiger partial charge in [0, 0.05) is 12.6 Å². The van der Waals surface area contributed by atoms with Gasteiger partial charge < -0.3 is 5.73 Å². The predicted octanol–water partition coefficient (Wildman–Crippen LogP) is 2.28. The summed E-state index contributed by atoms with van der Waals surface area (Å²) in [6, 6.07) is 8.32. The molecule has 19 heavy (non-hydrogen) atoms. The van der Waals surface area contributed by atoms with Crippen molar-refractivity contribution >= 4 is 11.7 Å². The normalized spacial score (nSPS) is 18.2. The second-order valence-corrected chi connectivity index (χ2v) is 5.03. The highest BCUT2D eigenvalue weighted by Crippen LogP contribution is 2.31. The van der Waals surface area contributed by atoms with E-state index in [1.165, 1.54) is 11.1 Å². The van der Waals surface area contributed by atoms with Crippen LogP contribution in [0.4, 0.5) is 5.95 Å². The Kier molecular flexibility index (Phi) is 2.78. The largest absolute Gasteiger partial charge is 0.368 e. The molecule has 1 heterocycles. The number of hydrogen-bond donors (Lipinski definition) is 1. The van der Waals surface area contributed by atoms with Crippen LogP contribution in [0.2, 0.25) is 0 Å². The molecule has 1 aliphatic carbocycles. The standard InChI is InChI=1S/C15H15N3O/c1-9-2-4-10(5-3-9)11-6-13-12(14(19)7-11)8-17-15(16)18-13/h2-5,8,11H,6-7H2,1H3,(H2,16,17,18)/t11-/m1/s1. The van der Waals surface area contributed by atoms with Gasteiger partial charge in [0.15, 0.2) is 5.78 Å². The van der Waals surface area contributed by atoms with E-state index in [-0.39, 0.29) is 17.6 Å². The lowest BCUT2D eigenvalue weighted by molar-refractivity contribution is 0.0963. The summed E-state index contributed by atoms with van der Waals surface area (Å²) < 4.78 is 0. The Morgan fingerprint density at radius 2 is 1.95 bits per heavy atom. The van der Waals surface area contributed by atoms with E-state index < -0.39 is 0 Å². The van der Waals surface area contributed by atoms with E-state index in [1.807, 2.05) is 0 Å². The molecule has 2 N–H and O–H groups in total. The molecule has 4 heteroatoms. The Hall–Kier alpha value is -2.23. The Balaban J connectivity index is 1.96. The van der Waals surface area contributed by atoms with Crippen molar-refractivity contribution in [3.05, 3.63) is 52.8 Å². The predicted molar refractivity (Wildman–Crippen MR) is 73.0 cm³/mol. The third-order valence-electron chi connectivity index (χ3n) is 3.61. The summed E-state index contributed by atoms with van der Waals surface area (Å²) in [6.07, 6.45) is 2.81. The van der Waals surface area contributed by atoms with Crippen molar-refractivity contribution < 1.29 is 4.79 Å². The zero-order valence-electron chi connectivity index (χ0n) is 10.8. The lowest BCUT2D eigenvalue weighted by atomic mass is 9.82. The quantitative estimate of drug-likeness (QED) is 0.846. The van der Waals surface area contributed by atoms with Crippen LogP contribution >= 0.6 is 0 Å². The molecule has 3 rings (SSSR count). The SMILES string of the molecule is Cc1ccc([C@H]2CC(=O)c3cnc(N)nc3C2)cc1. The van der Waals surface area contributed by atoms with Gasteiger partial charge in [0.1, 0.15) is 0 Å². The van der Waals surface area contributed by atoms with Crippen LogP contribution < -0.4 is 5.73 Å². The molecule has 1 atom stereocenters. The number of nitrogen functional groups attached to an aromatic ring is 1. The van der Waals surface area contributed by atoms with Gasteiger partial charge in [-0.1, -0.05) is 29.8 Å². The first-order valence-corrected chi connectivity index (χ1v) is 6.34. The first kappa shape index (κ1) is 11.8. The van der Waals surface area contributed by atoms with Crippen molar-refractivity contribution in [3.8, 4) is 0 Å². The van der Waals surface area contributed by atoms with Crippen molar-refractivity contribution in [1.29, 1.82) is 0 Å². The molecular weight excluding hydrogens is 238 g/mol. The third-order valence-corrected chi connectivity index (χ3v) is 3.61. The molecule has 0 aliphatic heterocycles. The molecule has 4 nitrogen and oxygen atoms in total. The highest BCUT2D eigenvalue weighted by molar-refractivity contribution is 5.98. The fraction of sp³-hybridized carbons (Fsp3) is 0.267. The number of carbonyl (C=O) groups is 1. The van der Waals surface area contributed by atoms with Gasteiger partial charge in [-0.15, -0.1) is 0 Å². The summed E-state index contributed by atoms with van der Waals surface area (Å²) in [5.74, 6) is 0.526. The Bertz CT molecular complexity index is 634. The Labute approximate surface area is 111 Å². The number of benzene rings is 1. The minimum atomic E-state index is 0.104. The third kappa shape index (κ3) is 2.21. The summed E-state index contributed by atoms with van der Waals surface area (Å²) in [5, 5.41) is 0. The summed E-state index contributed by atoms with van der Waals surface area (Å²) >= 11 is 0. The van der Waals surface area contributed by atoms with E-state index in [4.69, 9.17) is 5.73 Å². The fourth-order valence-corrected chi connectivity index (χ4v) is 2.53. The second-order valence-electron chi connectivity index (χ2n) is 5.03. The number of Topliss-reactive ketones (excluding diaryl/α,β-unsaturated/α-hetero) is 1. The molecule has 1 aliphatic rings. The van der Waals surface area contributed by atoms with Crippen LogP contribution in [0, 0.1) is 6.92 Å². The van der Waals surface area contributed by atoms with Crippen LogP contribution in [0.1, 0.15) is 39.5 Å². The fourth-order valence-electron chi connectivity index (χ4n) is 2.53. The van der Waals surface area contributed by atoms with Crippen LogP contribution in [0.15, 0.2) is 30.5 Å². The maximum absolute atomic E-state index is 12.1. The molecule has 0 fully saturated rings. The van der Waals surface area contributed by atoms with Gasteiger partial charge in [-0.2, -0.15) is 0 Å². The number of nitrogens with two attached hydrogens (primary N) is 1. The van der Waals surface area contributed by atoms with Crippen LogP contribution in [-0.2, 0) is 6.42 Å². The maximum Gasteiger partial charge on any atom is 0.220 e. The topological polar surface area (TPSA) is 68.9 Å². The van der Waals surface area contributed by atoms with Crippen molar-refractivity contribution in [2.75, 3.05) is 5.73 Å². The number of ketones is 1. The number of fused-ring (bicyclic) bond motifs is 1. The Morgan fingerprint density at radius 3 is 2.68 bits per heavy atom. The van der Waals surface area contributed by atoms with Gasteiger partial charge in [0.2, 0.25) is 5.95 Å². The van der Waals surface area contributed by atoms with E-state index in [0.29, 0.717) is 12.0 Å². The molecule has 0 radical (unpaired) electrons. The average molecular weight is 253 g/mol. The first-order chi connectivity index (χ1) is 9.13. The summed E-state index contributed by atoms with van der Waals surface area (Å²) in [4.78, 5) is 20.2. The Morgan fingerprint density at radius 1 is 1.21 bits per heavy atom. The number of aromatic nitrogens is 2. The van der Waals surface area contributed by atoms with Crippen LogP contribution in [0.25, 0.3) is 0 Å². The van der Waals surface area contributed by atoms with Gasteiger partial charge in [-0.25, -0.2) is 9.97 Å². The smallest absolute Gasteiger partial charge is 0.220 e. The summed E-state index contributed by atoms with van der Waals surface area (Å²) in [6.45, 7) is 2.05. The highest BCUT2D eigenvalue weighted by atomic mass is 16.1. The van der Waals surface area contributed by atoms with E-state index >= 15 is 0 Å². The number of aryl methyl sites for hydroxylation is 1. The van der Waals surface area contributed by atoms with Gasteiger partial charge in [-0.3, -0.25) is 4.79 Å². The first-order valence-electron chi connectivity index (χ1n) is 6.34. The maximum atomic E-state index is 12.1. The number of carbonyl (C=O) groups excluding carboxylic acids is 1. The number of anilines is 1. The van der Waals surface area contributed by atoms with Crippen molar-refractivity contribution in [1.82, 2.24) is 9.97 Å². The van der Waals surface area contributed by atoms with E-state index in [0.717, 1.165) is 12.1 Å². The molecule has 0 spiro atoms. The zero-order chi connectivity index (χ0) is 13.4. The zero-order valence-corrected chi connectivity index (χ0v) is 10.8. The second kappa shape index (κ2) is 4.46.